The summed E-state index contributed by atoms with van der Waals surface area (Å²) in [5, 5.41) is 9.31. The molecule has 0 fully saturated rings. The molecule has 0 saturated carbocycles. The van der Waals surface area contributed by atoms with E-state index in [-0.39, 0.29) is 48.7 Å². The third kappa shape index (κ3) is 5.28. The Bertz CT molecular complexity index is 935. The molecule has 2 aliphatic heterocycles. The first-order valence-electron chi connectivity index (χ1n) is 9.86. The van der Waals surface area contributed by atoms with Crippen LogP contribution in [-0.2, 0) is 9.63 Å². The van der Waals surface area contributed by atoms with Gasteiger partial charge in [-0.1, -0.05) is 22.0 Å². The second-order valence-electron chi connectivity index (χ2n) is 7.67. The Labute approximate surface area is 188 Å². The number of nitrogens with zero attached hydrogens (tertiary/aromatic N) is 4. The van der Waals surface area contributed by atoms with Crippen LogP contribution in [0.3, 0.4) is 0 Å². The lowest BCUT2D eigenvalue weighted by Crippen LogP contribution is -2.49. The summed E-state index contributed by atoms with van der Waals surface area (Å²) in [5.74, 6) is -0.300. The van der Waals surface area contributed by atoms with Gasteiger partial charge in [-0.3, -0.25) is 20.1 Å². The molecule has 4 atom stereocenters. The molecule has 1 aromatic rings. The highest BCUT2D eigenvalue weighted by molar-refractivity contribution is 9.10. The molecule has 168 valence electrons. The van der Waals surface area contributed by atoms with Crippen molar-refractivity contribution in [2.75, 3.05) is 20.7 Å². The van der Waals surface area contributed by atoms with Gasteiger partial charge in [0.1, 0.15) is 11.7 Å². The van der Waals surface area contributed by atoms with Crippen LogP contribution in [0.25, 0.3) is 0 Å². The maximum absolute atomic E-state index is 13.6. The number of hydrogen-bond donors (Lipinski definition) is 3. The van der Waals surface area contributed by atoms with E-state index in [1.165, 1.54) is 17.0 Å². The number of nitrogens with one attached hydrogen (secondary N) is 1. The van der Waals surface area contributed by atoms with Crippen molar-refractivity contribution >= 4 is 39.3 Å². The smallest absolute Gasteiger partial charge is 0.254 e. The molecule has 0 bridgehead atoms. The summed E-state index contributed by atoms with van der Waals surface area (Å²) in [4.78, 5) is 33.0. The second kappa shape index (κ2) is 9.84. The number of likely N-dealkylation sites (N-methyl/N-ethyl adjacent to an activating group) is 1. The molecule has 2 aliphatic rings. The van der Waals surface area contributed by atoms with Crippen LogP contribution in [0, 0.1) is 11.7 Å². The third-order valence-electron chi connectivity index (χ3n) is 5.21. The number of hydroxylamine groups is 1. The van der Waals surface area contributed by atoms with Crippen molar-refractivity contribution < 1.29 is 19.1 Å². The molecule has 3 rings (SSSR count). The van der Waals surface area contributed by atoms with Gasteiger partial charge in [-0.25, -0.2) is 14.4 Å². The van der Waals surface area contributed by atoms with Gasteiger partial charge in [-0.05, 0) is 31.0 Å². The molecule has 11 heteroatoms. The molecule has 3 unspecified atom stereocenters. The average Bonchev–Trinajstić information content (AvgIpc) is 2.69. The van der Waals surface area contributed by atoms with Gasteiger partial charge in [-0.15, -0.1) is 0 Å². The summed E-state index contributed by atoms with van der Waals surface area (Å²) >= 11 is 3.41. The fourth-order valence-corrected chi connectivity index (χ4v) is 4.34. The highest BCUT2D eigenvalue weighted by Gasteiger charge is 2.39. The first-order chi connectivity index (χ1) is 14.7. The number of carbonyl (C=O) groups is 1. The predicted molar refractivity (Wildman–Crippen MR) is 119 cm³/mol. The van der Waals surface area contributed by atoms with Crippen LogP contribution >= 0.6 is 15.9 Å². The minimum absolute atomic E-state index is 0.122. The number of rotatable bonds is 6. The zero-order valence-electron chi connectivity index (χ0n) is 17.5. The molecule has 4 N–H and O–H groups in total. The van der Waals surface area contributed by atoms with E-state index in [9.17, 15) is 14.3 Å². The summed E-state index contributed by atoms with van der Waals surface area (Å²) < 4.78 is 14.2. The lowest BCUT2D eigenvalue weighted by Gasteiger charge is -2.36. The monoisotopic (exact) mass is 496 g/mol. The van der Waals surface area contributed by atoms with E-state index in [0.717, 1.165) is 11.3 Å². The molecule has 0 radical (unpaired) electrons. The highest BCUT2D eigenvalue weighted by atomic mass is 79.9. The van der Waals surface area contributed by atoms with Gasteiger partial charge >= 0.3 is 0 Å². The SMILES string of the molecule is CC1=NC(N)=N[C@@H]2CC(c3ccc(F)cc3Br)N=C(NOC(CCO)C(=O)N(C)C)C12. The average molecular weight is 497 g/mol. The van der Waals surface area contributed by atoms with Gasteiger partial charge in [0, 0.05) is 37.3 Å². The van der Waals surface area contributed by atoms with Gasteiger partial charge < -0.3 is 15.7 Å². The van der Waals surface area contributed by atoms with Gasteiger partial charge in [0.2, 0.25) is 5.96 Å². The number of benzene rings is 1. The van der Waals surface area contributed by atoms with E-state index in [4.69, 9.17) is 15.6 Å². The molecule has 0 saturated heterocycles. The number of amidine groups is 1. The minimum Gasteiger partial charge on any atom is -0.396 e. The van der Waals surface area contributed by atoms with Gasteiger partial charge in [0.25, 0.3) is 5.91 Å². The maximum Gasteiger partial charge on any atom is 0.254 e. The largest absolute Gasteiger partial charge is 0.396 e. The molecule has 2 heterocycles. The summed E-state index contributed by atoms with van der Waals surface area (Å²) in [6.45, 7) is 1.62. The van der Waals surface area contributed by atoms with Crippen molar-refractivity contribution in [3.05, 3.63) is 34.1 Å². The Hall–Kier alpha value is -2.37. The van der Waals surface area contributed by atoms with Crippen LogP contribution in [0.4, 0.5) is 4.39 Å². The Morgan fingerprint density at radius 1 is 1.45 bits per heavy atom. The molecule has 9 nitrogen and oxygen atoms in total. The normalized spacial score (nSPS) is 23.8. The summed E-state index contributed by atoms with van der Waals surface area (Å²) in [6.07, 6.45) is -0.227. The summed E-state index contributed by atoms with van der Waals surface area (Å²) in [7, 11) is 3.23. The number of carbonyl (C=O) groups excluding carboxylic acids is 1. The maximum atomic E-state index is 13.6. The van der Waals surface area contributed by atoms with Crippen LogP contribution in [0.15, 0.2) is 37.6 Å². The number of aliphatic hydroxyl groups is 1. The Kier molecular flexibility index (Phi) is 7.39. The Morgan fingerprint density at radius 3 is 2.84 bits per heavy atom. The van der Waals surface area contributed by atoms with Crippen molar-refractivity contribution in [3.63, 3.8) is 0 Å². The molecular weight excluding hydrogens is 471 g/mol. The van der Waals surface area contributed by atoms with Crippen molar-refractivity contribution in [3.8, 4) is 0 Å². The summed E-state index contributed by atoms with van der Waals surface area (Å²) in [6, 6.07) is 3.85. The van der Waals surface area contributed by atoms with Crippen molar-refractivity contribution in [1.82, 2.24) is 10.4 Å². The highest BCUT2D eigenvalue weighted by Crippen LogP contribution is 2.37. The number of aliphatic hydroxyl groups excluding tert-OH is 1. The molecule has 1 amide bonds. The molecule has 0 spiro atoms. The van der Waals surface area contributed by atoms with Crippen molar-refractivity contribution in [1.29, 1.82) is 0 Å². The molecule has 0 aliphatic carbocycles. The first kappa shape index (κ1) is 23.3. The van der Waals surface area contributed by atoms with Gasteiger partial charge in [-0.2, -0.15) is 0 Å². The van der Waals surface area contributed by atoms with E-state index in [1.807, 2.05) is 6.92 Å². The number of halogens is 2. The van der Waals surface area contributed by atoms with E-state index in [0.29, 0.717) is 16.7 Å². The van der Waals surface area contributed by atoms with E-state index in [1.54, 1.807) is 20.2 Å². The topological polar surface area (TPSA) is 125 Å². The lowest BCUT2D eigenvalue weighted by molar-refractivity contribution is -0.145. The van der Waals surface area contributed by atoms with E-state index in [2.05, 4.69) is 31.4 Å². The number of aliphatic imine (C=N–C) groups is 3. The Balaban J connectivity index is 1.92. The van der Waals surface area contributed by atoms with E-state index >= 15 is 0 Å². The third-order valence-corrected chi connectivity index (χ3v) is 5.90. The fourth-order valence-electron chi connectivity index (χ4n) is 3.73. The predicted octanol–water partition coefficient (Wildman–Crippen LogP) is 1.57. The fraction of sp³-hybridized carbons (Fsp3) is 0.500. The summed E-state index contributed by atoms with van der Waals surface area (Å²) in [5.41, 5.74) is 10.2. The molecule has 0 aromatic heterocycles. The molecule has 31 heavy (non-hydrogen) atoms. The number of guanidine groups is 1. The number of hydrogen-bond acceptors (Lipinski definition) is 8. The zero-order chi connectivity index (χ0) is 22.7. The van der Waals surface area contributed by atoms with Gasteiger partial charge in [0.05, 0.1) is 18.0 Å². The lowest BCUT2D eigenvalue weighted by atomic mass is 9.84. The van der Waals surface area contributed by atoms with Crippen molar-refractivity contribution in [2.24, 2.45) is 26.6 Å². The zero-order valence-corrected chi connectivity index (χ0v) is 19.1. The quantitative estimate of drug-likeness (QED) is 0.515. The van der Waals surface area contributed by atoms with Crippen LogP contribution in [0.2, 0.25) is 0 Å². The first-order valence-corrected chi connectivity index (χ1v) is 10.6. The minimum atomic E-state index is -0.895. The molecule has 1 aromatic carbocycles. The number of amides is 1. The van der Waals surface area contributed by atoms with Crippen molar-refractivity contribution in [2.45, 2.75) is 38.0 Å². The second-order valence-corrected chi connectivity index (χ2v) is 8.53. The van der Waals surface area contributed by atoms with Crippen LogP contribution < -0.4 is 11.2 Å². The number of nitrogens with two attached hydrogens (primary N) is 1. The van der Waals surface area contributed by atoms with Gasteiger partial charge in [0.15, 0.2) is 6.10 Å². The standard InChI is InChI=1S/C20H26BrFN6O3/c1-10-17-15(26-20(23)24-10)9-14(12-5-4-11(22)8-13(12)21)25-18(17)27-31-16(6-7-29)19(30)28(2)3/h4-5,8,14-17,29H,6-7,9H2,1-3H3,(H2,23,26)(H,25,27)/t14?,15-,16?,17?/m1/s1. The molecular formula is C20H26BrFN6O3. The number of fused-ring (bicyclic) bond motifs is 1. The van der Waals surface area contributed by atoms with E-state index < -0.39 is 6.10 Å². The van der Waals surface area contributed by atoms with Crippen LogP contribution in [0.1, 0.15) is 31.4 Å². The van der Waals surface area contributed by atoms with Crippen LogP contribution in [0.5, 0.6) is 0 Å². The Morgan fingerprint density at radius 2 is 2.19 bits per heavy atom. The van der Waals surface area contributed by atoms with Crippen LogP contribution in [-0.4, -0.2) is 66.3 Å².